The number of likely N-dealkylation sites (tertiary alicyclic amines) is 1. The molecule has 3 fully saturated rings. The molecule has 0 bridgehead atoms. The highest BCUT2D eigenvalue weighted by Crippen LogP contribution is 2.37. The highest BCUT2D eigenvalue weighted by molar-refractivity contribution is 5.79. The molecule has 27 heavy (non-hydrogen) atoms. The van der Waals surface area contributed by atoms with Gasteiger partial charge in [-0.15, -0.1) is 10.2 Å². The molecule has 2 saturated heterocycles. The summed E-state index contributed by atoms with van der Waals surface area (Å²) in [5, 5.41) is 8.45. The Hall–Kier alpha value is -2.18. The minimum atomic E-state index is 0.167. The number of nitrogens with zero attached hydrogens (tertiary/aromatic N) is 6. The van der Waals surface area contributed by atoms with Crippen LogP contribution in [0.15, 0.2) is 12.4 Å². The van der Waals surface area contributed by atoms with Crippen LogP contribution in [-0.2, 0) is 4.79 Å². The third kappa shape index (κ3) is 2.97. The van der Waals surface area contributed by atoms with E-state index in [1.807, 2.05) is 23.7 Å². The molecule has 7 nitrogen and oxygen atoms in total. The molecule has 4 heterocycles. The number of rotatable bonds is 2. The van der Waals surface area contributed by atoms with Crippen LogP contribution in [0, 0.1) is 24.7 Å². The molecule has 2 atom stereocenters. The van der Waals surface area contributed by atoms with Crippen molar-refractivity contribution in [2.24, 2.45) is 17.8 Å². The summed E-state index contributed by atoms with van der Waals surface area (Å²) in [7, 11) is 0. The summed E-state index contributed by atoms with van der Waals surface area (Å²) in [5.74, 6) is 3.85. The largest absolute Gasteiger partial charge is 0.353 e. The first-order valence-corrected chi connectivity index (χ1v) is 10.4. The summed E-state index contributed by atoms with van der Waals surface area (Å²) in [6.07, 6.45) is 10.9. The molecule has 0 spiro atoms. The van der Waals surface area contributed by atoms with Gasteiger partial charge in [0, 0.05) is 44.5 Å². The van der Waals surface area contributed by atoms with Crippen LogP contribution in [0.25, 0.3) is 5.65 Å². The Labute approximate surface area is 159 Å². The zero-order chi connectivity index (χ0) is 18.4. The molecule has 0 radical (unpaired) electrons. The molecule has 144 valence electrons. The van der Waals surface area contributed by atoms with E-state index in [1.54, 1.807) is 0 Å². The molecule has 1 saturated carbocycles. The van der Waals surface area contributed by atoms with Crippen LogP contribution >= 0.6 is 0 Å². The van der Waals surface area contributed by atoms with Crippen molar-refractivity contribution in [1.82, 2.24) is 24.5 Å². The van der Waals surface area contributed by atoms with E-state index in [9.17, 15) is 4.79 Å². The summed E-state index contributed by atoms with van der Waals surface area (Å²) in [4.78, 5) is 22.1. The van der Waals surface area contributed by atoms with Crippen molar-refractivity contribution in [3.8, 4) is 0 Å². The Morgan fingerprint density at radius 2 is 1.74 bits per heavy atom. The average Bonchev–Trinajstić information content (AvgIpc) is 3.31. The zero-order valence-corrected chi connectivity index (χ0v) is 16.0. The second kappa shape index (κ2) is 6.77. The van der Waals surface area contributed by atoms with Crippen molar-refractivity contribution < 1.29 is 4.79 Å². The van der Waals surface area contributed by atoms with E-state index in [0.717, 1.165) is 68.1 Å². The third-order valence-corrected chi connectivity index (χ3v) is 6.91. The minimum absolute atomic E-state index is 0.167. The van der Waals surface area contributed by atoms with Crippen LogP contribution in [0.5, 0.6) is 0 Å². The number of amides is 1. The number of carbonyl (C=O) groups is 1. The normalized spacial score (nSPS) is 26.6. The number of aryl methyl sites for hydroxylation is 1. The van der Waals surface area contributed by atoms with Crippen LogP contribution in [0.3, 0.4) is 0 Å². The Morgan fingerprint density at radius 1 is 1.04 bits per heavy atom. The van der Waals surface area contributed by atoms with E-state index >= 15 is 0 Å². The topological polar surface area (TPSA) is 66.6 Å². The van der Waals surface area contributed by atoms with Crippen LogP contribution in [0.2, 0.25) is 0 Å². The fraction of sp³-hybridized carbons (Fsp3) is 0.700. The Bertz CT molecular complexity index is 826. The molecule has 0 aromatic carbocycles. The lowest BCUT2D eigenvalue weighted by molar-refractivity contribution is -0.135. The van der Waals surface area contributed by atoms with E-state index in [1.165, 1.54) is 25.7 Å². The molecule has 1 amide bonds. The molecule has 2 aromatic rings. The first-order valence-electron chi connectivity index (χ1n) is 10.4. The van der Waals surface area contributed by atoms with Gasteiger partial charge in [-0.3, -0.25) is 9.20 Å². The Kier molecular flexibility index (Phi) is 4.25. The van der Waals surface area contributed by atoms with Crippen LogP contribution in [-0.4, -0.2) is 56.6 Å². The molecule has 0 N–H and O–H groups in total. The van der Waals surface area contributed by atoms with Gasteiger partial charge in [0.2, 0.25) is 11.6 Å². The first kappa shape index (κ1) is 17.0. The maximum atomic E-state index is 13.1. The number of carbonyl (C=O) groups excluding carboxylic acids is 1. The monoisotopic (exact) mass is 368 g/mol. The lowest BCUT2D eigenvalue weighted by atomic mass is 9.82. The minimum Gasteiger partial charge on any atom is -0.353 e. The fourth-order valence-electron chi connectivity index (χ4n) is 5.33. The molecule has 2 aliphatic heterocycles. The summed E-state index contributed by atoms with van der Waals surface area (Å²) >= 11 is 0. The molecule has 3 aliphatic rings. The summed E-state index contributed by atoms with van der Waals surface area (Å²) in [6.45, 7) is 5.67. The highest BCUT2D eigenvalue weighted by atomic mass is 16.2. The van der Waals surface area contributed by atoms with E-state index in [-0.39, 0.29) is 5.92 Å². The maximum Gasteiger partial charge on any atom is 0.225 e. The van der Waals surface area contributed by atoms with Crippen molar-refractivity contribution in [2.75, 3.05) is 31.1 Å². The molecular weight excluding hydrogens is 340 g/mol. The predicted molar refractivity (Wildman–Crippen MR) is 102 cm³/mol. The highest BCUT2D eigenvalue weighted by Gasteiger charge is 2.39. The van der Waals surface area contributed by atoms with Gasteiger partial charge < -0.3 is 9.80 Å². The fourth-order valence-corrected chi connectivity index (χ4v) is 5.33. The van der Waals surface area contributed by atoms with Crippen LogP contribution < -0.4 is 4.90 Å². The van der Waals surface area contributed by atoms with Gasteiger partial charge in [0.25, 0.3) is 0 Å². The number of aromatic nitrogens is 4. The van der Waals surface area contributed by atoms with Gasteiger partial charge in [-0.1, -0.05) is 12.8 Å². The smallest absolute Gasteiger partial charge is 0.225 e. The molecule has 2 unspecified atom stereocenters. The first-order chi connectivity index (χ1) is 13.2. The number of hydrogen-bond donors (Lipinski definition) is 0. The lowest BCUT2D eigenvalue weighted by Crippen LogP contribution is -2.42. The average molecular weight is 368 g/mol. The van der Waals surface area contributed by atoms with Gasteiger partial charge in [0.1, 0.15) is 5.82 Å². The number of piperidine rings is 1. The molecular formula is C20H28N6O. The van der Waals surface area contributed by atoms with E-state index in [2.05, 4.69) is 25.0 Å². The van der Waals surface area contributed by atoms with Crippen molar-refractivity contribution in [2.45, 2.75) is 45.4 Å². The molecule has 2 aromatic heterocycles. The van der Waals surface area contributed by atoms with Crippen molar-refractivity contribution in [1.29, 1.82) is 0 Å². The standard InChI is InChI=1S/C20H28N6O/c1-14-22-23-19-18(21-8-11-26(14)19)24-9-6-15(7-10-24)20(27)25-12-16-4-2-3-5-17(16)13-25/h8,11,15-17H,2-7,9-10,12-13H2,1H3. The number of hydrogen-bond acceptors (Lipinski definition) is 5. The molecule has 7 heteroatoms. The Morgan fingerprint density at radius 3 is 2.44 bits per heavy atom. The summed E-state index contributed by atoms with van der Waals surface area (Å²) in [5.41, 5.74) is 0.809. The van der Waals surface area contributed by atoms with Crippen molar-refractivity contribution in [3.63, 3.8) is 0 Å². The van der Waals surface area contributed by atoms with Gasteiger partial charge in [0.15, 0.2) is 5.82 Å². The maximum absolute atomic E-state index is 13.1. The number of anilines is 1. The molecule has 1 aliphatic carbocycles. The van der Waals surface area contributed by atoms with Gasteiger partial charge in [-0.05, 0) is 44.4 Å². The van der Waals surface area contributed by atoms with Crippen molar-refractivity contribution >= 4 is 17.4 Å². The Balaban J connectivity index is 1.24. The quantitative estimate of drug-likeness (QED) is 0.814. The van der Waals surface area contributed by atoms with E-state index in [4.69, 9.17) is 0 Å². The van der Waals surface area contributed by atoms with Gasteiger partial charge in [-0.2, -0.15) is 0 Å². The van der Waals surface area contributed by atoms with Crippen LogP contribution in [0.4, 0.5) is 5.82 Å². The predicted octanol–water partition coefficient (Wildman–Crippen LogP) is 2.30. The third-order valence-electron chi connectivity index (χ3n) is 6.91. The lowest BCUT2D eigenvalue weighted by Gasteiger charge is -2.33. The zero-order valence-electron chi connectivity index (χ0n) is 16.0. The SMILES string of the molecule is Cc1nnc2c(N3CCC(C(=O)N4CC5CCCCC5C4)CC3)nccn12. The second-order valence-corrected chi connectivity index (χ2v) is 8.50. The summed E-state index contributed by atoms with van der Waals surface area (Å²) < 4.78 is 1.98. The van der Waals surface area contributed by atoms with E-state index < -0.39 is 0 Å². The summed E-state index contributed by atoms with van der Waals surface area (Å²) in [6, 6.07) is 0. The van der Waals surface area contributed by atoms with Gasteiger partial charge >= 0.3 is 0 Å². The molecule has 5 rings (SSSR count). The number of fused-ring (bicyclic) bond motifs is 2. The van der Waals surface area contributed by atoms with Crippen LogP contribution in [0.1, 0.15) is 44.3 Å². The second-order valence-electron chi connectivity index (χ2n) is 8.50. The van der Waals surface area contributed by atoms with Crippen molar-refractivity contribution in [3.05, 3.63) is 18.2 Å². The van der Waals surface area contributed by atoms with E-state index in [0.29, 0.717) is 5.91 Å². The van der Waals surface area contributed by atoms with Gasteiger partial charge in [-0.25, -0.2) is 4.98 Å². The van der Waals surface area contributed by atoms with Gasteiger partial charge in [0.05, 0.1) is 0 Å².